The van der Waals surface area contributed by atoms with E-state index in [0.717, 1.165) is 77.2 Å². The first kappa shape index (κ1) is 28.2. The fourth-order valence-electron chi connectivity index (χ4n) is 5.18. The molecular weight excluding hydrogens is 491 g/mol. The predicted molar refractivity (Wildman–Crippen MR) is 147 cm³/mol. The van der Waals surface area contributed by atoms with Gasteiger partial charge < -0.3 is 19.9 Å². The van der Waals surface area contributed by atoms with Crippen molar-refractivity contribution in [1.82, 2.24) is 14.7 Å². The van der Waals surface area contributed by atoms with Gasteiger partial charge in [0.05, 0.1) is 24.2 Å². The number of carbonyl (C=O) groups is 2. The summed E-state index contributed by atoms with van der Waals surface area (Å²) in [4.78, 5) is 32.8. The molecule has 206 valence electrons. The third-order valence-corrected chi connectivity index (χ3v) is 8.91. The van der Waals surface area contributed by atoms with E-state index in [1.54, 1.807) is 6.07 Å². The Morgan fingerprint density at radius 2 is 1.84 bits per heavy atom. The number of hydrogen-bond donors (Lipinski definition) is 1. The molecule has 1 N–H and O–H groups in total. The van der Waals surface area contributed by atoms with Gasteiger partial charge >= 0.3 is 0 Å². The molecule has 7 nitrogen and oxygen atoms in total. The number of para-hydroxylation sites is 1. The largest absolute Gasteiger partial charge is 0.381 e. The van der Waals surface area contributed by atoms with Crippen LogP contribution in [0.25, 0.3) is 0 Å². The molecule has 3 heterocycles. The SMILES string of the molecule is CC(C)(C)CCN1C(=O)[C@H](CC(=O)N2CCCCC2)SC1c1cccc(F)c1NCCN1CCOCC1. The number of likely N-dealkylation sites (tertiary alicyclic amines) is 1. The van der Waals surface area contributed by atoms with Gasteiger partial charge in [-0.15, -0.1) is 11.8 Å². The van der Waals surface area contributed by atoms with Gasteiger partial charge in [0.1, 0.15) is 11.2 Å². The highest BCUT2D eigenvalue weighted by Gasteiger charge is 2.43. The Hall–Kier alpha value is -1.84. The smallest absolute Gasteiger partial charge is 0.237 e. The summed E-state index contributed by atoms with van der Waals surface area (Å²) >= 11 is 1.50. The molecule has 2 atom stereocenters. The first-order valence-corrected chi connectivity index (χ1v) is 14.7. The van der Waals surface area contributed by atoms with Crippen LogP contribution in [-0.2, 0) is 14.3 Å². The van der Waals surface area contributed by atoms with Crippen molar-refractivity contribution in [3.05, 3.63) is 29.6 Å². The molecule has 3 aliphatic rings. The molecule has 3 fully saturated rings. The van der Waals surface area contributed by atoms with Gasteiger partial charge in [-0.05, 0) is 37.2 Å². The van der Waals surface area contributed by atoms with Crippen molar-refractivity contribution in [2.45, 2.75) is 63.5 Å². The lowest BCUT2D eigenvalue weighted by Crippen LogP contribution is -2.39. The second-order valence-electron chi connectivity index (χ2n) is 11.5. The van der Waals surface area contributed by atoms with Gasteiger partial charge in [0.2, 0.25) is 11.8 Å². The van der Waals surface area contributed by atoms with Crippen molar-refractivity contribution in [3.63, 3.8) is 0 Å². The average Bonchev–Trinajstić information content (AvgIpc) is 3.19. The molecular formula is C28H43FN4O3S. The van der Waals surface area contributed by atoms with E-state index in [0.29, 0.717) is 18.8 Å². The van der Waals surface area contributed by atoms with Crippen LogP contribution in [-0.4, -0.2) is 90.8 Å². The number of halogens is 1. The predicted octanol–water partition coefficient (Wildman–Crippen LogP) is 4.35. The fourth-order valence-corrected chi connectivity index (χ4v) is 6.68. The summed E-state index contributed by atoms with van der Waals surface area (Å²) in [6, 6.07) is 5.11. The van der Waals surface area contributed by atoms with Gasteiger partial charge in [-0.2, -0.15) is 0 Å². The average molecular weight is 535 g/mol. The van der Waals surface area contributed by atoms with Gasteiger partial charge in [-0.1, -0.05) is 32.9 Å². The molecule has 9 heteroatoms. The van der Waals surface area contributed by atoms with Gasteiger partial charge in [-0.25, -0.2) is 4.39 Å². The molecule has 3 aliphatic heterocycles. The number of carbonyl (C=O) groups excluding carboxylic acids is 2. The lowest BCUT2D eigenvalue weighted by atomic mass is 9.92. The number of hydrogen-bond acceptors (Lipinski definition) is 6. The minimum atomic E-state index is -0.441. The van der Waals surface area contributed by atoms with Gasteiger partial charge in [0.15, 0.2) is 0 Å². The Kier molecular flexibility index (Phi) is 9.75. The van der Waals surface area contributed by atoms with Crippen LogP contribution in [0.2, 0.25) is 0 Å². The second-order valence-corrected chi connectivity index (χ2v) is 12.8. The molecule has 2 amide bonds. The Morgan fingerprint density at radius 1 is 1.11 bits per heavy atom. The summed E-state index contributed by atoms with van der Waals surface area (Å²) < 4.78 is 20.6. The lowest BCUT2D eigenvalue weighted by Gasteiger charge is -2.30. The zero-order chi connectivity index (χ0) is 26.4. The molecule has 37 heavy (non-hydrogen) atoms. The Balaban J connectivity index is 1.51. The van der Waals surface area contributed by atoms with Crippen molar-refractivity contribution in [2.24, 2.45) is 5.41 Å². The number of benzene rings is 1. The Bertz CT molecular complexity index is 928. The first-order chi connectivity index (χ1) is 17.7. The van der Waals surface area contributed by atoms with Gasteiger partial charge in [0, 0.05) is 57.8 Å². The summed E-state index contributed by atoms with van der Waals surface area (Å²) in [5, 5.41) is 2.57. The molecule has 1 aromatic rings. The molecule has 0 bridgehead atoms. The third-order valence-electron chi connectivity index (χ3n) is 7.45. The zero-order valence-electron chi connectivity index (χ0n) is 22.6. The summed E-state index contributed by atoms with van der Waals surface area (Å²) in [5.41, 5.74) is 1.30. The van der Waals surface area contributed by atoms with Crippen LogP contribution in [0.15, 0.2) is 18.2 Å². The topological polar surface area (TPSA) is 65.1 Å². The number of amides is 2. The van der Waals surface area contributed by atoms with E-state index in [4.69, 9.17) is 4.74 Å². The maximum atomic E-state index is 15.1. The second kappa shape index (κ2) is 12.8. The summed E-state index contributed by atoms with van der Waals surface area (Å²) in [6.07, 6.45) is 4.25. The number of rotatable bonds is 9. The van der Waals surface area contributed by atoms with E-state index in [-0.39, 0.29) is 34.8 Å². The number of nitrogens with one attached hydrogen (secondary N) is 1. The highest BCUT2D eigenvalue weighted by Crippen LogP contribution is 2.47. The van der Waals surface area contributed by atoms with Gasteiger partial charge in [0.25, 0.3) is 0 Å². The standard InChI is InChI=1S/C28H43FN4O3S/c1-28(2,3)10-14-33-26(35)23(20-24(34)32-12-5-4-6-13-32)37-27(33)21-8-7-9-22(29)25(21)30-11-15-31-16-18-36-19-17-31/h7-9,23,27,30H,4-6,10-20H2,1-3H3/t23-,27?/m0/s1. The number of thioether (sulfide) groups is 1. The van der Waals surface area contributed by atoms with E-state index in [1.165, 1.54) is 17.8 Å². The summed E-state index contributed by atoms with van der Waals surface area (Å²) in [7, 11) is 0. The van der Waals surface area contributed by atoms with Gasteiger partial charge in [-0.3, -0.25) is 14.5 Å². The fraction of sp³-hybridized carbons (Fsp3) is 0.714. The first-order valence-electron chi connectivity index (χ1n) is 13.8. The van der Waals surface area contributed by atoms with Crippen molar-refractivity contribution in [2.75, 3.05) is 64.3 Å². The molecule has 0 spiro atoms. The summed E-state index contributed by atoms with van der Waals surface area (Å²) in [5.74, 6) is -0.255. The third kappa shape index (κ3) is 7.60. The number of nitrogens with zero attached hydrogens (tertiary/aromatic N) is 3. The van der Waals surface area contributed by atoms with Crippen LogP contribution in [0.5, 0.6) is 0 Å². The van der Waals surface area contributed by atoms with Crippen LogP contribution < -0.4 is 5.32 Å². The Labute approximate surface area is 225 Å². The monoisotopic (exact) mass is 534 g/mol. The van der Waals surface area contributed by atoms with Crippen molar-refractivity contribution in [1.29, 1.82) is 0 Å². The number of ether oxygens (including phenoxy) is 1. The van der Waals surface area contributed by atoms with Crippen LogP contribution in [0.1, 0.15) is 63.8 Å². The molecule has 0 saturated carbocycles. The molecule has 3 saturated heterocycles. The quantitative estimate of drug-likeness (QED) is 0.508. The maximum Gasteiger partial charge on any atom is 0.237 e. The van der Waals surface area contributed by atoms with Crippen molar-refractivity contribution >= 4 is 29.3 Å². The van der Waals surface area contributed by atoms with Crippen LogP contribution in [0.4, 0.5) is 10.1 Å². The van der Waals surface area contributed by atoms with Crippen LogP contribution in [0, 0.1) is 11.2 Å². The maximum absolute atomic E-state index is 15.1. The van der Waals surface area contributed by atoms with E-state index >= 15 is 4.39 Å². The van der Waals surface area contributed by atoms with Crippen molar-refractivity contribution < 1.29 is 18.7 Å². The zero-order valence-corrected chi connectivity index (χ0v) is 23.5. The molecule has 0 aliphatic carbocycles. The molecule has 0 aromatic heterocycles. The number of anilines is 1. The Morgan fingerprint density at radius 3 is 2.54 bits per heavy atom. The molecule has 4 rings (SSSR count). The van der Waals surface area contributed by atoms with E-state index < -0.39 is 5.25 Å². The summed E-state index contributed by atoms with van der Waals surface area (Å²) in [6.45, 7) is 13.3. The normalized spacial score (nSPS) is 23.5. The van der Waals surface area contributed by atoms with E-state index in [9.17, 15) is 9.59 Å². The van der Waals surface area contributed by atoms with Crippen LogP contribution >= 0.6 is 11.8 Å². The minimum Gasteiger partial charge on any atom is -0.381 e. The highest BCUT2D eigenvalue weighted by molar-refractivity contribution is 8.01. The minimum absolute atomic E-state index is 0.00635. The molecule has 0 radical (unpaired) electrons. The van der Waals surface area contributed by atoms with Crippen LogP contribution in [0.3, 0.4) is 0 Å². The number of morpholine rings is 1. The van der Waals surface area contributed by atoms with E-state index in [1.807, 2.05) is 15.9 Å². The highest BCUT2D eigenvalue weighted by atomic mass is 32.2. The number of piperidine rings is 1. The van der Waals surface area contributed by atoms with E-state index in [2.05, 4.69) is 31.0 Å². The lowest BCUT2D eigenvalue weighted by molar-refractivity contribution is -0.136. The molecule has 1 aromatic carbocycles. The van der Waals surface area contributed by atoms with Crippen molar-refractivity contribution in [3.8, 4) is 0 Å². The molecule has 1 unspecified atom stereocenters.